The third-order valence-electron chi connectivity index (χ3n) is 4.01. The van der Waals surface area contributed by atoms with Gasteiger partial charge in [-0.1, -0.05) is 27.2 Å². The smallest absolute Gasteiger partial charge is 0.277 e. The lowest BCUT2D eigenvalue weighted by atomic mass is 10.2. The monoisotopic (exact) mass is 398 g/mol. The van der Waals surface area contributed by atoms with Gasteiger partial charge in [0.25, 0.3) is 5.91 Å². The fourth-order valence-corrected chi connectivity index (χ4v) is 2.30. The second kappa shape index (κ2) is 11.6. The highest BCUT2D eigenvalue weighted by molar-refractivity contribution is 5.95. The van der Waals surface area contributed by atoms with Crippen molar-refractivity contribution in [3.63, 3.8) is 0 Å². The van der Waals surface area contributed by atoms with Gasteiger partial charge in [-0.3, -0.25) is 9.59 Å². The first kappa shape index (κ1) is 23.8. The number of aliphatic hydroxyl groups is 1. The maximum atomic E-state index is 13.4. The van der Waals surface area contributed by atoms with Crippen molar-refractivity contribution in [1.82, 2.24) is 20.2 Å². The number of carbonyl (C=O) groups excluding carboxylic acids is 2. The molecule has 1 aromatic rings. The first-order valence-corrected chi connectivity index (χ1v) is 9.43. The van der Waals surface area contributed by atoms with Crippen LogP contribution < -0.4 is 10.6 Å². The Balaban J connectivity index is 2.98. The number of alkyl halides is 1. The number of aromatic nitrogens is 2. The molecule has 0 radical (unpaired) electrons. The molecule has 28 heavy (non-hydrogen) atoms. The molecule has 0 aliphatic heterocycles. The summed E-state index contributed by atoms with van der Waals surface area (Å²) in [5.41, 5.74) is 0.509. The number of amides is 2. The Kier molecular flexibility index (Phi) is 9.81. The molecule has 0 aliphatic rings. The topological polar surface area (TPSA) is 105 Å². The summed E-state index contributed by atoms with van der Waals surface area (Å²) in [5, 5.41) is 14.4. The molecule has 0 spiro atoms. The zero-order valence-electron chi connectivity index (χ0n) is 17.2. The Morgan fingerprint density at radius 2 is 2.04 bits per heavy atom. The minimum atomic E-state index is -0.994. The quantitative estimate of drug-likeness (QED) is 0.530. The van der Waals surface area contributed by atoms with Gasteiger partial charge in [0.05, 0.1) is 19.0 Å². The van der Waals surface area contributed by atoms with Gasteiger partial charge in [-0.15, -0.1) is 0 Å². The van der Waals surface area contributed by atoms with Gasteiger partial charge < -0.3 is 25.0 Å². The van der Waals surface area contributed by atoms with Crippen molar-refractivity contribution in [2.75, 3.05) is 13.3 Å². The molecule has 1 aromatic heterocycles. The predicted octanol–water partition coefficient (Wildman–Crippen LogP) is 2.20. The third-order valence-corrected chi connectivity index (χ3v) is 4.01. The molecule has 1 heterocycles. The first-order valence-electron chi connectivity index (χ1n) is 9.43. The molecule has 0 fully saturated rings. The Morgan fingerprint density at radius 1 is 1.36 bits per heavy atom. The summed E-state index contributed by atoms with van der Waals surface area (Å²) in [4.78, 5) is 28.7. The van der Waals surface area contributed by atoms with Gasteiger partial charge in [-0.2, -0.15) is 0 Å². The van der Waals surface area contributed by atoms with Crippen LogP contribution in [0.25, 0.3) is 0 Å². The maximum absolute atomic E-state index is 13.4. The number of nitrogens with zero attached hydrogens (tertiary/aromatic N) is 2. The van der Waals surface area contributed by atoms with Crippen molar-refractivity contribution in [3.05, 3.63) is 29.6 Å². The Hall–Kier alpha value is -2.26. The third kappa shape index (κ3) is 6.72. The Labute approximate surface area is 165 Å². The van der Waals surface area contributed by atoms with E-state index in [1.807, 2.05) is 6.92 Å². The van der Waals surface area contributed by atoms with Crippen LogP contribution in [-0.4, -0.2) is 45.9 Å². The average Bonchev–Trinajstić information content (AvgIpc) is 3.04. The van der Waals surface area contributed by atoms with Crippen LogP contribution in [0.4, 0.5) is 4.39 Å². The lowest BCUT2D eigenvalue weighted by Gasteiger charge is -2.21. The van der Waals surface area contributed by atoms with E-state index in [0.717, 1.165) is 6.42 Å². The molecule has 8 nitrogen and oxygen atoms in total. The van der Waals surface area contributed by atoms with E-state index in [9.17, 15) is 14.0 Å². The van der Waals surface area contributed by atoms with E-state index >= 15 is 0 Å². The van der Waals surface area contributed by atoms with Crippen LogP contribution in [0, 0.1) is 12.8 Å². The Morgan fingerprint density at radius 3 is 2.57 bits per heavy atom. The van der Waals surface area contributed by atoms with Gasteiger partial charge in [0.2, 0.25) is 5.91 Å². The number of nitrogens with one attached hydrogen (secondary N) is 2. The van der Waals surface area contributed by atoms with Crippen molar-refractivity contribution in [1.29, 1.82) is 0 Å². The number of imidazole rings is 1. The molecule has 2 atom stereocenters. The number of rotatable bonds is 11. The highest BCUT2D eigenvalue weighted by Crippen LogP contribution is 2.17. The van der Waals surface area contributed by atoms with E-state index in [2.05, 4.69) is 15.6 Å². The van der Waals surface area contributed by atoms with Crippen LogP contribution in [0.1, 0.15) is 62.9 Å². The number of aliphatic hydroxyl groups excluding tert-OH is 1. The Bertz CT molecular complexity index is 687. The van der Waals surface area contributed by atoms with Crippen LogP contribution in [0.5, 0.6) is 0 Å². The van der Waals surface area contributed by atoms with E-state index in [1.54, 1.807) is 33.8 Å². The molecular weight excluding hydrogens is 367 g/mol. The van der Waals surface area contributed by atoms with Crippen molar-refractivity contribution < 1.29 is 23.8 Å². The van der Waals surface area contributed by atoms with Gasteiger partial charge in [-0.05, 0) is 26.3 Å². The molecule has 0 aromatic carbocycles. The second-order valence-corrected chi connectivity index (χ2v) is 6.83. The van der Waals surface area contributed by atoms with Crippen LogP contribution in [0.3, 0.4) is 0 Å². The van der Waals surface area contributed by atoms with Gasteiger partial charge in [-0.25, -0.2) is 9.37 Å². The summed E-state index contributed by atoms with van der Waals surface area (Å²) in [6, 6.07) is 0. The second-order valence-electron chi connectivity index (χ2n) is 6.83. The number of hydrogen-bond donors (Lipinski definition) is 3. The standard InChI is InChI=1S/C19H31FN4O4/c1-6-7-8-15(22-18(26)12(2)3)23-19(27)17-14(5)24(11-21-17)16(9-20)28-13(4)10-25/h8,11-13,16,25H,6-7,9-10H2,1-5H3,(H,22,26)(H,23,27)/b15-8+. The lowest BCUT2D eigenvalue weighted by molar-refractivity contribution is -0.123. The molecule has 0 saturated heterocycles. The number of carbonyl (C=O) groups is 2. The van der Waals surface area contributed by atoms with Crippen molar-refractivity contribution in [2.45, 2.75) is 59.8 Å². The lowest BCUT2D eigenvalue weighted by Crippen LogP contribution is -2.37. The largest absolute Gasteiger partial charge is 0.394 e. The summed E-state index contributed by atoms with van der Waals surface area (Å²) in [6.07, 6.45) is 3.03. The van der Waals surface area contributed by atoms with Crippen molar-refractivity contribution in [2.24, 2.45) is 5.92 Å². The number of unbranched alkanes of at least 4 members (excludes halogenated alkanes) is 1. The number of halogens is 1. The summed E-state index contributed by atoms with van der Waals surface area (Å²) in [6.45, 7) is 7.64. The summed E-state index contributed by atoms with van der Waals surface area (Å²) >= 11 is 0. The van der Waals surface area contributed by atoms with E-state index in [1.165, 1.54) is 10.9 Å². The SMILES string of the molecule is CCC/C=C(/NC(=O)c1ncn(C(CF)OC(C)CO)c1C)NC(=O)C(C)C. The first-order chi connectivity index (χ1) is 13.2. The van der Waals surface area contributed by atoms with Gasteiger partial charge >= 0.3 is 0 Å². The molecule has 0 aliphatic carbocycles. The van der Waals surface area contributed by atoms with Crippen LogP contribution in [-0.2, 0) is 9.53 Å². The van der Waals surface area contributed by atoms with Gasteiger partial charge in [0, 0.05) is 11.6 Å². The van der Waals surface area contributed by atoms with E-state index in [0.29, 0.717) is 17.9 Å². The molecular formula is C19H31FN4O4. The fraction of sp³-hybridized carbons (Fsp3) is 0.632. The molecule has 2 amide bonds. The molecule has 158 valence electrons. The minimum Gasteiger partial charge on any atom is -0.394 e. The van der Waals surface area contributed by atoms with Gasteiger partial charge in [0.15, 0.2) is 6.23 Å². The van der Waals surface area contributed by atoms with E-state index < -0.39 is 24.9 Å². The fourth-order valence-electron chi connectivity index (χ4n) is 2.30. The highest BCUT2D eigenvalue weighted by atomic mass is 19.1. The summed E-state index contributed by atoms with van der Waals surface area (Å²) in [5.74, 6) is -0.671. The van der Waals surface area contributed by atoms with Crippen LogP contribution in [0.15, 0.2) is 18.2 Å². The summed E-state index contributed by atoms with van der Waals surface area (Å²) in [7, 11) is 0. The highest BCUT2D eigenvalue weighted by Gasteiger charge is 2.22. The van der Waals surface area contributed by atoms with Crippen LogP contribution >= 0.6 is 0 Å². The molecule has 0 bridgehead atoms. The van der Waals surface area contributed by atoms with E-state index in [-0.39, 0.29) is 24.1 Å². The zero-order valence-corrected chi connectivity index (χ0v) is 17.2. The number of ether oxygens (including phenoxy) is 1. The molecule has 9 heteroatoms. The minimum absolute atomic E-state index is 0.0971. The van der Waals surface area contributed by atoms with Crippen LogP contribution in [0.2, 0.25) is 0 Å². The number of hydrogen-bond acceptors (Lipinski definition) is 5. The predicted molar refractivity (Wildman–Crippen MR) is 103 cm³/mol. The average molecular weight is 398 g/mol. The maximum Gasteiger partial charge on any atom is 0.277 e. The van der Waals surface area contributed by atoms with E-state index in [4.69, 9.17) is 9.84 Å². The molecule has 0 saturated carbocycles. The van der Waals surface area contributed by atoms with Crippen molar-refractivity contribution in [3.8, 4) is 0 Å². The molecule has 3 N–H and O–H groups in total. The summed E-state index contributed by atoms with van der Waals surface area (Å²) < 4.78 is 20.2. The molecule has 2 unspecified atom stereocenters. The van der Waals surface area contributed by atoms with Crippen molar-refractivity contribution >= 4 is 11.8 Å². The molecule has 1 rings (SSSR count). The van der Waals surface area contributed by atoms with Gasteiger partial charge in [0.1, 0.15) is 18.2 Å². The normalized spacial score (nSPS) is 14.1. The zero-order chi connectivity index (χ0) is 21.3. The number of allylic oxidation sites excluding steroid dienone is 1.